The fourth-order valence-corrected chi connectivity index (χ4v) is 11.1. The SMILES string of the molecule is Fc1c(F)c(F)c([Si](c2c(F)c(F)c(F)c(F)c2F)c2c(F)c(F)c(F)c(F)c2F)c(F)c1F.Fc1c(F)c(F)c([Si](c2c(F)c(F)c(F)c(F)c2F)c2c(F)c(F)c(F)c(F)c2F)c(F)c1F.[Hg]. The number of rotatable bonds is 6. The summed E-state index contributed by atoms with van der Waals surface area (Å²) in [6, 6.07) is 0. The zero-order chi connectivity index (χ0) is 51.9. The van der Waals surface area contributed by atoms with Crippen LogP contribution in [-0.2, 0) is 27.7 Å². The molecule has 0 saturated carbocycles. The van der Waals surface area contributed by atoms with E-state index < -0.39 is 223 Å². The number of halogens is 30. The Hall–Kier alpha value is -5.41. The zero-order valence-electron chi connectivity index (χ0n) is 31.0. The quantitative estimate of drug-likeness (QED) is 0.0516. The van der Waals surface area contributed by atoms with Gasteiger partial charge in [-0.15, -0.1) is 0 Å². The summed E-state index contributed by atoms with van der Waals surface area (Å²) >= 11 is 0. The van der Waals surface area contributed by atoms with Gasteiger partial charge in [-0.3, -0.25) is 0 Å². The molecule has 0 aliphatic rings. The third-order valence-corrected chi connectivity index (χ3v) is 14.4. The van der Waals surface area contributed by atoms with Gasteiger partial charge in [0.25, 0.3) is 0 Å². The Morgan fingerprint density at radius 2 is 0.174 bits per heavy atom. The molecule has 0 aliphatic carbocycles. The van der Waals surface area contributed by atoms with E-state index in [1.165, 1.54) is 0 Å². The Morgan fingerprint density at radius 1 is 0.116 bits per heavy atom. The van der Waals surface area contributed by atoms with Crippen molar-refractivity contribution in [2.45, 2.75) is 0 Å². The summed E-state index contributed by atoms with van der Waals surface area (Å²) in [6.07, 6.45) is 0. The second-order valence-corrected chi connectivity index (χ2v) is 16.9. The maximum atomic E-state index is 14.4. The monoisotopic (exact) mass is 1260 g/mol. The summed E-state index contributed by atoms with van der Waals surface area (Å²) in [5.41, 5.74) is 0. The standard InChI is InChI=1S/2C18F15Si.Hg/c2*19-1-4(22)10(28)16(11(29)5(1)23)34(17-12(30)6(24)2(20)7(25)13(17)31)18-14(32)8(26)3(21)9(27)15(18)33;. The van der Waals surface area contributed by atoms with E-state index in [1.54, 1.807) is 0 Å². The molecule has 0 unspecified atom stereocenters. The second kappa shape index (κ2) is 20.1. The van der Waals surface area contributed by atoms with Crippen molar-refractivity contribution < 1.29 is 159 Å². The fourth-order valence-electron chi connectivity index (χ4n) is 5.70. The van der Waals surface area contributed by atoms with Crippen molar-refractivity contribution in [1.29, 1.82) is 0 Å². The summed E-state index contributed by atoms with van der Waals surface area (Å²) in [5, 5.41) is -15.5. The Labute approximate surface area is 381 Å². The molecule has 2 radical (unpaired) electrons. The molecule has 364 valence electrons. The maximum Gasteiger partial charge on any atom is 0.200 e. The van der Waals surface area contributed by atoms with Crippen LogP contribution < -0.4 is 31.1 Å². The van der Waals surface area contributed by atoms with Gasteiger partial charge < -0.3 is 0 Å². The average Bonchev–Trinajstić information content (AvgIpc) is 3.31. The molecule has 33 heteroatoms. The molecule has 0 fully saturated rings. The molecule has 0 N–H and O–H groups in total. The Kier molecular flexibility index (Phi) is 16.4. The van der Waals surface area contributed by atoms with Crippen LogP contribution in [-0.4, -0.2) is 17.6 Å². The first kappa shape index (κ1) is 56.2. The molecule has 0 nitrogen and oxygen atoms in total. The minimum absolute atomic E-state index is 0. The molecule has 69 heavy (non-hydrogen) atoms. The summed E-state index contributed by atoms with van der Waals surface area (Å²) < 4.78 is 418. The fraction of sp³-hybridized carbons (Fsp3) is 0. The van der Waals surface area contributed by atoms with Crippen LogP contribution in [0.1, 0.15) is 0 Å². The van der Waals surface area contributed by atoms with Crippen molar-refractivity contribution in [3.05, 3.63) is 175 Å². The molecular formula is C36F30HgSi2. The van der Waals surface area contributed by atoms with Gasteiger partial charge >= 0.3 is 0 Å². The molecule has 0 heterocycles. The van der Waals surface area contributed by atoms with Crippen LogP contribution in [0.4, 0.5) is 132 Å². The Balaban J connectivity index is 0.000000296. The van der Waals surface area contributed by atoms with Gasteiger partial charge in [0.05, 0.1) is 0 Å². The normalized spacial score (nSPS) is 11.5. The molecule has 0 spiro atoms. The first-order chi connectivity index (χ1) is 31.3. The number of benzene rings is 6. The van der Waals surface area contributed by atoms with Crippen LogP contribution in [0.3, 0.4) is 0 Å². The minimum atomic E-state index is -5.43. The summed E-state index contributed by atoms with van der Waals surface area (Å²) in [4.78, 5) is 0. The van der Waals surface area contributed by atoms with Crippen LogP contribution in [0.25, 0.3) is 0 Å². The molecule has 0 aromatic heterocycles. The van der Waals surface area contributed by atoms with Crippen molar-refractivity contribution in [3.63, 3.8) is 0 Å². The third kappa shape index (κ3) is 8.69. The van der Waals surface area contributed by atoms with Gasteiger partial charge in [0, 0.05) is 58.8 Å². The van der Waals surface area contributed by atoms with Crippen molar-refractivity contribution in [1.82, 2.24) is 0 Å². The number of hydrogen-bond donors (Lipinski definition) is 0. The van der Waals surface area contributed by atoms with Gasteiger partial charge in [-0.2, -0.15) is 0 Å². The molecule has 0 saturated heterocycles. The van der Waals surface area contributed by atoms with E-state index >= 15 is 0 Å². The summed E-state index contributed by atoms with van der Waals surface area (Å²) in [6.45, 7) is 0. The van der Waals surface area contributed by atoms with E-state index in [1.807, 2.05) is 0 Å². The van der Waals surface area contributed by atoms with Gasteiger partial charge in [-0.1, -0.05) is 0 Å². The van der Waals surface area contributed by atoms with E-state index in [4.69, 9.17) is 0 Å². The zero-order valence-corrected chi connectivity index (χ0v) is 38.5. The van der Waals surface area contributed by atoms with Crippen molar-refractivity contribution in [3.8, 4) is 0 Å². The predicted molar refractivity (Wildman–Crippen MR) is 167 cm³/mol. The molecule has 6 aromatic carbocycles. The van der Waals surface area contributed by atoms with Gasteiger partial charge in [-0.05, 0) is 0 Å². The largest absolute Gasteiger partial charge is 0.204 e. The van der Waals surface area contributed by atoms with Gasteiger partial charge in [0.15, 0.2) is 157 Å². The maximum absolute atomic E-state index is 14.4. The van der Waals surface area contributed by atoms with Crippen molar-refractivity contribution in [2.75, 3.05) is 0 Å². The van der Waals surface area contributed by atoms with Crippen LogP contribution in [0.15, 0.2) is 0 Å². The smallest absolute Gasteiger partial charge is 0.200 e. The van der Waals surface area contributed by atoms with Gasteiger partial charge in [0.1, 0.15) is 0 Å². The first-order valence-electron chi connectivity index (χ1n) is 16.2. The van der Waals surface area contributed by atoms with E-state index in [9.17, 15) is 132 Å². The Bertz CT molecular complexity index is 2450. The molecular weight excluding hydrogens is 1260 g/mol. The van der Waals surface area contributed by atoms with Crippen LogP contribution in [0, 0.1) is 175 Å². The van der Waals surface area contributed by atoms with Gasteiger partial charge in [0.2, 0.25) is 34.9 Å². The van der Waals surface area contributed by atoms with E-state index in [0.717, 1.165) is 0 Å². The van der Waals surface area contributed by atoms with Gasteiger partial charge in [-0.25, -0.2) is 132 Å². The molecule has 0 aliphatic heterocycles. The van der Waals surface area contributed by atoms with Crippen LogP contribution in [0.5, 0.6) is 0 Å². The first-order valence-corrected chi connectivity index (χ1v) is 19.2. The van der Waals surface area contributed by atoms with E-state index in [0.29, 0.717) is 0 Å². The molecule has 0 bridgehead atoms. The Morgan fingerprint density at radius 3 is 0.246 bits per heavy atom. The second-order valence-electron chi connectivity index (χ2n) is 12.4. The molecule has 6 aromatic rings. The summed E-state index contributed by atoms with van der Waals surface area (Å²) in [5.74, 6) is -89.5. The summed E-state index contributed by atoms with van der Waals surface area (Å²) in [7, 11) is -10.9. The average molecular weight is 1260 g/mol. The minimum Gasteiger partial charge on any atom is -0.204 e. The topological polar surface area (TPSA) is 0 Å². The van der Waals surface area contributed by atoms with Crippen LogP contribution >= 0.6 is 0 Å². The third-order valence-electron chi connectivity index (χ3n) is 8.76. The molecule has 0 amide bonds. The van der Waals surface area contributed by atoms with E-state index in [-0.39, 0.29) is 27.7 Å². The molecule has 6 rings (SSSR count). The van der Waals surface area contributed by atoms with Crippen molar-refractivity contribution in [2.24, 2.45) is 0 Å². The predicted octanol–water partition coefficient (Wildman–Crippen LogP) is 8.58. The number of hydrogen-bond acceptors (Lipinski definition) is 0. The molecule has 0 atom stereocenters. The van der Waals surface area contributed by atoms with Crippen molar-refractivity contribution >= 4 is 48.7 Å². The van der Waals surface area contributed by atoms with Crippen LogP contribution in [0.2, 0.25) is 0 Å². The van der Waals surface area contributed by atoms with E-state index in [2.05, 4.69) is 0 Å².